The zero-order valence-electron chi connectivity index (χ0n) is 15.7. The van der Waals surface area contributed by atoms with Crippen LogP contribution in [0, 0.1) is 5.92 Å². The molecule has 1 unspecified atom stereocenters. The lowest BCUT2D eigenvalue weighted by Crippen LogP contribution is -2.36. The highest BCUT2D eigenvalue weighted by Crippen LogP contribution is 2.18. The predicted molar refractivity (Wildman–Crippen MR) is 103 cm³/mol. The van der Waals surface area contributed by atoms with Crippen LogP contribution in [-0.4, -0.2) is 43.3 Å². The molecular weight excluding hydrogens is 366 g/mol. The second-order valence-corrected chi connectivity index (χ2v) is 8.59. The lowest BCUT2D eigenvalue weighted by atomic mass is 10.1. The molecule has 1 atom stereocenters. The molecule has 8 heteroatoms. The van der Waals surface area contributed by atoms with Crippen molar-refractivity contribution in [2.45, 2.75) is 39.5 Å². The highest BCUT2D eigenvalue weighted by atomic mass is 32.2. The second-order valence-electron chi connectivity index (χ2n) is 6.82. The Morgan fingerprint density at radius 1 is 1.19 bits per heavy atom. The van der Waals surface area contributed by atoms with Crippen LogP contribution in [0.4, 0.5) is 0 Å². The van der Waals surface area contributed by atoms with Crippen LogP contribution in [0.15, 0.2) is 18.2 Å². The summed E-state index contributed by atoms with van der Waals surface area (Å²) in [7, 11) is -3.72. The Hall–Kier alpha value is -2.06. The molecule has 1 aromatic heterocycles. The van der Waals surface area contributed by atoms with E-state index in [-0.39, 0.29) is 17.2 Å². The van der Waals surface area contributed by atoms with Crippen LogP contribution in [0.3, 0.4) is 0 Å². The van der Waals surface area contributed by atoms with Gasteiger partial charge in [0.1, 0.15) is 0 Å². The topological polar surface area (TPSA) is 98.2 Å². The van der Waals surface area contributed by atoms with Crippen molar-refractivity contribution in [3.8, 4) is 0 Å². The van der Waals surface area contributed by atoms with Gasteiger partial charge in [0.25, 0.3) is 5.91 Å². The van der Waals surface area contributed by atoms with Gasteiger partial charge in [0, 0.05) is 12.2 Å². The molecule has 2 aromatic rings. The third kappa shape index (κ3) is 4.81. The van der Waals surface area contributed by atoms with Crippen molar-refractivity contribution >= 4 is 27.0 Å². The summed E-state index contributed by atoms with van der Waals surface area (Å²) in [4.78, 5) is 21.6. The molecule has 1 fully saturated rings. The average Bonchev–Trinajstić information content (AvgIpc) is 2.66. The second kappa shape index (κ2) is 8.31. The maximum absolute atomic E-state index is 12.5. The molecule has 146 valence electrons. The fourth-order valence-electron chi connectivity index (χ4n) is 3.33. The van der Waals surface area contributed by atoms with Gasteiger partial charge in [0.05, 0.1) is 34.8 Å². The summed E-state index contributed by atoms with van der Waals surface area (Å²) in [5.74, 6) is -0.828. The van der Waals surface area contributed by atoms with E-state index in [2.05, 4.69) is 14.7 Å². The Bertz CT molecular complexity index is 937. The Kier molecular flexibility index (Phi) is 6.06. The predicted octanol–water partition coefficient (Wildman–Crippen LogP) is 2.24. The monoisotopic (exact) mass is 391 g/mol. The molecule has 27 heavy (non-hydrogen) atoms. The van der Waals surface area contributed by atoms with Crippen molar-refractivity contribution in [2.75, 3.05) is 19.0 Å². The number of sulfonamides is 1. The number of nitrogens with zero attached hydrogens (tertiary/aromatic N) is 2. The van der Waals surface area contributed by atoms with Gasteiger partial charge in [-0.25, -0.2) is 23.1 Å². The van der Waals surface area contributed by atoms with Crippen molar-refractivity contribution < 1.29 is 17.9 Å². The van der Waals surface area contributed by atoms with Crippen LogP contribution in [0.2, 0.25) is 0 Å². The average molecular weight is 391 g/mol. The van der Waals surface area contributed by atoms with Crippen molar-refractivity contribution in [3.63, 3.8) is 0 Å². The smallest absolute Gasteiger partial charge is 0.264 e. The fourth-order valence-corrected chi connectivity index (χ4v) is 4.69. The lowest BCUT2D eigenvalue weighted by molar-refractivity contribution is 0.0624. The maximum atomic E-state index is 12.5. The Morgan fingerprint density at radius 3 is 2.52 bits per heavy atom. The zero-order chi connectivity index (χ0) is 19.4. The standard InChI is InChI=1S/C19H25N3O4S/c1-3-15-16(4-2)21-18-10-14(7-8-17(18)20-15)19(23)22-27(24,25)12-13-6-5-9-26-11-13/h7-8,10,13H,3-6,9,11-12H2,1-2H3,(H,22,23). The first kappa shape index (κ1) is 19.7. The van der Waals surface area contributed by atoms with Gasteiger partial charge in [0.2, 0.25) is 10.0 Å². The molecule has 0 radical (unpaired) electrons. The van der Waals surface area contributed by atoms with E-state index in [1.807, 2.05) is 13.8 Å². The number of rotatable bonds is 6. The van der Waals surface area contributed by atoms with Crippen LogP contribution in [-0.2, 0) is 27.6 Å². The highest BCUT2D eigenvalue weighted by Gasteiger charge is 2.24. The van der Waals surface area contributed by atoms with Gasteiger partial charge in [0.15, 0.2) is 0 Å². The van der Waals surface area contributed by atoms with E-state index < -0.39 is 15.9 Å². The number of amides is 1. The van der Waals surface area contributed by atoms with E-state index in [9.17, 15) is 13.2 Å². The zero-order valence-corrected chi connectivity index (χ0v) is 16.5. The Balaban J connectivity index is 1.78. The summed E-state index contributed by atoms with van der Waals surface area (Å²) < 4.78 is 32.1. The summed E-state index contributed by atoms with van der Waals surface area (Å²) in [6, 6.07) is 4.88. The van der Waals surface area contributed by atoms with Crippen LogP contribution in [0.25, 0.3) is 11.0 Å². The van der Waals surface area contributed by atoms with Crippen molar-refractivity contribution in [2.24, 2.45) is 5.92 Å². The third-order valence-corrected chi connectivity index (χ3v) is 6.12. The van der Waals surface area contributed by atoms with E-state index in [1.54, 1.807) is 18.2 Å². The van der Waals surface area contributed by atoms with E-state index in [0.29, 0.717) is 24.2 Å². The van der Waals surface area contributed by atoms with E-state index in [4.69, 9.17) is 4.74 Å². The van der Waals surface area contributed by atoms with Gasteiger partial charge in [-0.1, -0.05) is 13.8 Å². The van der Waals surface area contributed by atoms with Gasteiger partial charge < -0.3 is 4.74 Å². The molecule has 0 aliphatic carbocycles. The number of fused-ring (bicyclic) bond motifs is 1. The first-order valence-electron chi connectivity index (χ1n) is 9.34. The number of hydrogen-bond acceptors (Lipinski definition) is 6. The molecule has 1 aliphatic rings. The van der Waals surface area contributed by atoms with E-state index in [0.717, 1.165) is 37.1 Å². The Morgan fingerprint density at radius 2 is 1.89 bits per heavy atom. The van der Waals surface area contributed by atoms with Crippen LogP contribution in [0.1, 0.15) is 48.4 Å². The SMILES string of the molecule is CCc1nc2ccc(C(=O)NS(=O)(=O)CC3CCCOC3)cc2nc1CC. The lowest BCUT2D eigenvalue weighted by Gasteiger charge is -2.21. The number of aromatic nitrogens is 2. The summed E-state index contributed by atoms with van der Waals surface area (Å²) in [5.41, 5.74) is 3.39. The maximum Gasteiger partial charge on any atom is 0.264 e. The molecule has 2 heterocycles. The quantitative estimate of drug-likeness (QED) is 0.811. The molecule has 7 nitrogen and oxygen atoms in total. The molecule has 3 rings (SSSR count). The molecule has 1 amide bonds. The molecule has 0 bridgehead atoms. The van der Waals surface area contributed by atoms with Gasteiger partial charge >= 0.3 is 0 Å². The molecule has 1 aliphatic heterocycles. The van der Waals surface area contributed by atoms with Crippen molar-refractivity contribution in [1.29, 1.82) is 0 Å². The normalized spacial score (nSPS) is 17.8. The molecule has 1 aromatic carbocycles. The number of ether oxygens (including phenoxy) is 1. The largest absolute Gasteiger partial charge is 0.381 e. The van der Waals surface area contributed by atoms with Crippen molar-refractivity contribution in [1.82, 2.24) is 14.7 Å². The molecule has 1 N–H and O–H groups in total. The first-order chi connectivity index (χ1) is 12.9. The molecule has 0 spiro atoms. The number of aryl methyl sites for hydroxylation is 2. The van der Waals surface area contributed by atoms with Crippen LogP contribution >= 0.6 is 0 Å². The van der Waals surface area contributed by atoms with Gasteiger partial charge in [-0.3, -0.25) is 4.79 Å². The minimum atomic E-state index is -3.72. The van der Waals surface area contributed by atoms with E-state index >= 15 is 0 Å². The number of nitrogens with one attached hydrogen (secondary N) is 1. The van der Waals surface area contributed by atoms with Crippen LogP contribution in [0.5, 0.6) is 0 Å². The van der Waals surface area contributed by atoms with Gasteiger partial charge in [-0.2, -0.15) is 0 Å². The summed E-state index contributed by atoms with van der Waals surface area (Å²) in [6.07, 6.45) is 3.18. The Labute approximate surface area is 159 Å². The fraction of sp³-hybridized carbons (Fsp3) is 0.526. The van der Waals surface area contributed by atoms with E-state index in [1.165, 1.54) is 0 Å². The first-order valence-corrected chi connectivity index (χ1v) is 11.0. The third-order valence-electron chi connectivity index (χ3n) is 4.71. The number of hydrogen-bond donors (Lipinski definition) is 1. The summed E-state index contributed by atoms with van der Waals surface area (Å²) >= 11 is 0. The summed E-state index contributed by atoms with van der Waals surface area (Å²) in [6.45, 7) is 5.12. The van der Waals surface area contributed by atoms with Gasteiger partial charge in [-0.15, -0.1) is 0 Å². The minimum Gasteiger partial charge on any atom is -0.381 e. The van der Waals surface area contributed by atoms with Crippen molar-refractivity contribution in [3.05, 3.63) is 35.2 Å². The highest BCUT2D eigenvalue weighted by molar-refractivity contribution is 7.90. The molecule has 0 saturated carbocycles. The number of benzene rings is 1. The minimum absolute atomic E-state index is 0.0777. The molecular formula is C19H25N3O4S. The molecule has 1 saturated heterocycles. The van der Waals surface area contributed by atoms with Gasteiger partial charge in [-0.05, 0) is 49.8 Å². The van der Waals surface area contributed by atoms with Crippen LogP contribution < -0.4 is 4.72 Å². The summed E-state index contributed by atoms with van der Waals surface area (Å²) in [5, 5.41) is 0. The number of carbonyl (C=O) groups is 1. The number of carbonyl (C=O) groups excluding carboxylic acids is 1.